The number of ether oxygens (including phenoxy) is 4. The second-order valence-electron chi connectivity index (χ2n) is 6.01. The average molecular weight is 399 g/mol. The zero-order valence-corrected chi connectivity index (χ0v) is 16.2. The van der Waals surface area contributed by atoms with Crippen molar-refractivity contribution in [2.75, 3.05) is 59.8 Å². The highest BCUT2D eigenvalue weighted by atomic mass is 16.7. The summed E-state index contributed by atoms with van der Waals surface area (Å²) in [4.78, 5) is 0. The largest absolute Gasteiger partial charge is 0.394 e. The first-order valence-corrected chi connectivity index (χ1v) is 9.38. The highest BCUT2D eigenvalue weighted by Crippen LogP contribution is 2.07. The Morgan fingerprint density at radius 2 is 1.22 bits per heavy atom. The molecule has 3 atom stereocenters. The Labute approximate surface area is 161 Å². The number of nitrogens with one attached hydrogen (secondary N) is 1. The minimum absolute atomic E-state index is 0.130. The van der Waals surface area contributed by atoms with Crippen molar-refractivity contribution in [2.45, 2.75) is 50.5 Å². The summed E-state index contributed by atoms with van der Waals surface area (Å²) >= 11 is 0. The monoisotopic (exact) mass is 399 g/mol. The van der Waals surface area contributed by atoms with Gasteiger partial charge >= 0.3 is 0 Å². The topological polar surface area (TPSA) is 150 Å². The van der Waals surface area contributed by atoms with E-state index in [2.05, 4.69) is 5.32 Å². The van der Waals surface area contributed by atoms with Gasteiger partial charge in [0, 0.05) is 6.61 Å². The molecule has 0 aromatic carbocycles. The molecular weight excluding hydrogens is 362 g/mol. The van der Waals surface area contributed by atoms with E-state index in [0.717, 1.165) is 32.2 Å². The third kappa shape index (κ3) is 14.3. The molecule has 0 bridgehead atoms. The van der Waals surface area contributed by atoms with Crippen LogP contribution in [0.25, 0.3) is 0 Å². The molecule has 164 valence electrons. The molecule has 3 unspecified atom stereocenters. The lowest BCUT2D eigenvalue weighted by atomic mass is 10.2. The van der Waals surface area contributed by atoms with Crippen LogP contribution < -0.4 is 5.32 Å². The van der Waals surface area contributed by atoms with Gasteiger partial charge in [-0.25, -0.2) is 0 Å². The molecule has 0 heterocycles. The molecule has 6 N–H and O–H groups in total. The highest BCUT2D eigenvalue weighted by molar-refractivity contribution is 4.59. The van der Waals surface area contributed by atoms with Crippen molar-refractivity contribution in [3.63, 3.8) is 0 Å². The van der Waals surface area contributed by atoms with Gasteiger partial charge in [0.25, 0.3) is 0 Å². The number of rotatable bonds is 20. The van der Waals surface area contributed by atoms with E-state index in [0.29, 0.717) is 6.61 Å². The summed E-state index contributed by atoms with van der Waals surface area (Å²) in [6, 6.07) is 0. The van der Waals surface area contributed by atoms with E-state index in [-0.39, 0.29) is 19.8 Å². The maximum atomic E-state index is 9.39. The van der Waals surface area contributed by atoms with Crippen molar-refractivity contribution in [3.05, 3.63) is 0 Å². The minimum Gasteiger partial charge on any atom is -0.394 e. The summed E-state index contributed by atoms with van der Waals surface area (Å²) in [7, 11) is 1.92. The van der Waals surface area contributed by atoms with Crippen molar-refractivity contribution < 1.29 is 44.5 Å². The van der Waals surface area contributed by atoms with Gasteiger partial charge in [0.05, 0.1) is 39.6 Å². The lowest BCUT2D eigenvalue weighted by Gasteiger charge is -2.25. The smallest absolute Gasteiger partial charge is 0.181 e. The van der Waals surface area contributed by atoms with E-state index in [9.17, 15) is 15.3 Å². The molecule has 0 amide bonds. The molecular formula is C17H37NO9. The van der Waals surface area contributed by atoms with Crippen molar-refractivity contribution in [2.24, 2.45) is 0 Å². The molecule has 0 saturated heterocycles. The molecule has 0 rings (SSSR count). The first-order chi connectivity index (χ1) is 13.1. The second-order valence-corrected chi connectivity index (χ2v) is 6.01. The molecule has 0 aromatic rings. The molecule has 10 nitrogen and oxygen atoms in total. The summed E-state index contributed by atoms with van der Waals surface area (Å²) in [5.74, 6) is 0. The molecule has 0 aromatic heterocycles. The fourth-order valence-corrected chi connectivity index (χ4v) is 2.16. The van der Waals surface area contributed by atoms with Crippen LogP contribution in [-0.2, 0) is 18.9 Å². The molecule has 0 aliphatic heterocycles. The first-order valence-electron chi connectivity index (χ1n) is 9.38. The van der Waals surface area contributed by atoms with Crippen LogP contribution in [0.4, 0.5) is 0 Å². The van der Waals surface area contributed by atoms with Gasteiger partial charge in [-0.05, 0) is 26.4 Å². The summed E-state index contributed by atoms with van der Waals surface area (Å²) in [6.45, 7) is -0.814. The van der Waals surface area contributed by atoms with E-state index < -0.39 is 44.6 Å². The molecule has 0 fully saturated rings. The SMILES string of the molecule is CNCCCCCCOC(CO)OC(CO)COC(CO)OC(CO)CO. The van der Waals surface area contributed by atoms with Crippen molar-refractivity contribution >= 4 is 0 Å². The van der Waals surface area contributed by atoms with Gasteiger partial charge < -0.3 is 49.8 Å². The molecule has 10 heteroatoms. The average Bonchev–Trinajstić information content (AvgIpc) is 2.70. The molecule has 0 saturated carbocycles. The number of unbranched alkanes of at least 4 members (excludes halogenated alkanes) is 3. The molecule has 0 radical (unpaired) electrons. The minimum atomic E-state index is -1.09. The van der Waals surface area contributed by atoms with Crippen molar-refractivity contribution in [1.82, 2.24) is 5.32 Å². The number of hydrogen-bond donors (Lipinski definition) is 6. The second kappa shape index (κ2) is 18.9. The predicted molar refractivity (Wildman–Crippen MR) is 97.0 cm³/mol. The van der Waals surface area contributed by atoms with Crippen LogP contribution in [0, 0.1) is 0 Å². The van der Waals surface area contributed by atoms with Gasteiger partial charge in [-0.15, -0.1) is 0 Å². The quantitative estimate of drug-likeness (QED) is 0.102. The zero-order chi connectivity index (χ0) is 20.3. The van der Waals surface area contributed by atoms with E-state index in [4.69, 9.17) is 29.2 Å². The summed E-state index contributed by atoms with van der Waals surface area (Å²) < 4.78 is 21.3. The van der Waals surface area contributed by atoms with Gasteiger partial charge in [0.15, 0.2) is 12.6 Å². The Morgan fingerprint density at radius 3 is 1.78 bits per heavy atom. The van der Waals surface area contributed by atoms with Crippen LogP contribution in [0.15, 0.2) is 0 Å². The fraction of sp³-hybridized carbons (Fsp3) is 1.00. The van der Waals surface area contributed by atoms with Gasteiger partial charge in [0.2, 0.25) is 0 Å². The van der Waals surface area contributed by atoms with E-state index in [1.54, 1.807) is 0 Å². The van der Waals surface area contributed by atoms with Crippen LogP contribution in [0.5, 0.6) is 0 Å². The summed E-state index contributed by atoms with van der Waals surface area (Å²) in [5, 5.41) is 49.0. The summed E-state index contributed by atoms with van der Waals surface area (Å²) in [5.41, 5.74) is 0. The Bertz CT molecular complexity index is 308. The molecule has 0 spiro atoms. The maximum Gasteiger partial charge on any atom is 0.181 e. The van der Waals surface area contributed by atoms with Gasteiger partial charge in [-0.1, -0.05) is 12.8 Å². The third-order valence-corrected chi connectivity index (χ3v) is 3.69. The highest BCUT2D eigenvalue weighted by Gasteiger charge is 2.20. The predicted octanol–water partition coefficient (Wildman–Crippen LogP) is -1.82. The maximum absolute atomic E-state index is 9.39. The van der Waals surface area contributed by atoms with Crippen LogP contribution in [-0.4, -0.2) is 110 Å². The lowest BCUT2D eigenvalue weighted by Crippen LogP contribution is -2.37. The summed E-state index contributed by atoms with van der Waals surface area (Å²) in [6.07, 6.45) is 0.397. The van der Waals surface area contributed by atoms with Crippen molar-refractivity contribution in [1.29, 1.82) is 0 Å². The number of hydrogen-bond acceptors (Lipinski definition) is 10. The van der Waals surface area contributed by atoms with E-state index in [1.807, 2.05) is 7.05 Å². The zero-order valence-electron chi connectivity index (χ0n) is 16.2. The standard InChI is InChI=1S/C17H37NO9/c1-18-6-4-2-3-5-7-24-16(11-22)27-15(10-21)13-25-17(12-23)26-14(8-19)9-20/h14-23H,2-13H2,1H3. The number of aliphatic hydroxyl groups excluding tert-OH is 5. The molecule has 27 heavy (non-hydrogen) atoms. The van der Waals surface area contributed by atoms with Gasteiger partial charge in [0.1, 0.15) is 12.2 Å². The van der Waals surface area contributed by atoms with E-state index >= 15 is 0 Å². The first kappa shape index (κ1) is 26.6. The van der Waals surface area contributed by atoms with Crippen LogP contribution in [0.1, 0.15) is 25.7 Å². The molecule has 0 aliphatic rings. The van der Waals surface area contributed by atoms with Crippen LogP contribution >= 0.6 is 0 Å². The normalized spacial score (nSPS) is 15.2. The molecule has 0 aliphatic carbocycles. The van der Waals surface area contributed by atoms with E-state index in [1.165, 1.54) is 0 Å². The van der Waals surface area contributed by atoms with Crippen LogP contribution in [0.3, 0.4) is 0 Å². The Balaban J connectivity index is 4.10. The van der Waals surface area contributed by atoms with Gasteiger partial charge in [-0.2, -0.15) is 0 Å². The Kier molecular flexibility index (Phi) is 18.7. The fourth-order valence-electron chi connectivity index (χ4n) is 2.16. The Morgan fingerprint density at radius 1 is 0.667 bits per heavy atom. The van der Waals surface area contributed by atoms with Crippen LogP contribution in [0.2, 0.25) is 0 Å². The number of aliphatic hydroxyl groups is 5. The van der Waals surface area contributed by atoms with Gasteiger partial charge in [-0.3, -0.25) is 0 Å². The van der Waals surface area contributed by atoms with Crippen molar-refractivity contribution in [3.8, 4) is 0 Å². The Hall–Kier alpha value is -0.400. The third-order valence-electron chi connectivity index (χ3n) is 3.69. The lowest BCUT2D eigenvalue weighted by molar-refractivity contribution is -0.240.